The minimum Gasteiger partial charge on any atom is -0.410 e. The molecule has 1 aromatic carbocycles. The number of nitrogens with two attached hydrogens (primary N) is 1. The highest BCUT2D eigenvalue weighted by molar-refractivity contribution is 5.70. The van der Waals surface area contributed by atoms with Crippen LogP contribution in [0.15, 0.2) is 30.3 Å². The van der Waals surface area contributed by atoms with Crippen molar-refractivity contribution in [1.29, 1.82) is 0 Å². The molecule has 0 radical (unpaired) electrons. The Morgan fingerprint density at radius 2 is 2.12 bits per heavy atom. The predicted molar refractivity (Wildman–Crippen MR) is 65.8 cm³/mol. The van der Waals surface area contributed by atoms with Crippen molar-refractivity contribution in [3.63, 3.8) is 0 Å². The summed E-state index contributed by atoms with van der Waals surface area (Å²) in [6.07, 6.45) is 2.75. The topological polar surface area (TPSA) is 64.3 Å². The number of carbonyl (C=O) groups excluding carboxylic acids is 1. The van der Waals surface area contributed by atoms with Crippen molar-refractivity contribution in [2.75, 3.05) is 6.54 Å². The van der Waals surface area contributed by atoms with Gasteiger partial charge >= 0.3 is 6.09 Å². The number of amides is 1. The van der Waals surface area contributed by atoms with E-state index in [9.17, 15) is 4.79 Å². The minimum atomic E-state index is -0.392. The molecule has 3 N–H and O–H groups in total. The van der Waals surface area contributed by atoms with Crippen LogP contribution >= 0.6 is 0 Å². The molecule has 4 nitrogen and oxygen atoms in total. The number of ether oxygens (including phenoxy) is 1. The van der Waals surface area contributed by atoms with E-state index in [1.54, 1.807) is 12.1 Å². The van der Waals surface area contributed by atoms with Gasteiger partial charge in [0.2, 0.25) is 0 Å². The first-order valence-corrected chi connectivity index (χ1v) is 6.00. The Kier molecular flexibility index (Phi) is 3.98. The average Bonchev–Trinajstić information content (AvgIpc) is 2.74. The summed E-state index contributed by atoms with van der Waals surface area (Å²) in [7, 11) is 0. The third-order valence-electron chi connectivity index (χ3n) is 3.07. The molecule has 92 valence electrons. The van der Waals surface area contributed by atoms with Gasteiger partial charge in [-0.15, -0.1) is 0 Å². The van der Waals surface area contributed by atoms with Crippen LogP contribution in [0.5, 0.6) is 5.75 Å². The third kappa shape index (κ3) is 3.75. The highest BCUT2D eigenvalue weighted by atomic mass is 16.5. The molecule has 0 bridgehead atoms. The van der Waals surface area contributed by atoms with E-state index in [0.717, 1.165) is 19.3 Å². The van der Waals surface area contributed by atoms with Gasteiger partial charge in [-0.2, -0.15) is 0 Å². The van der Waals surface area contributed by atoms with E-state index in [2.05, 4.69) is 5.32 Å². The summed E-state index contributed by atoms with van der Waals surface area (Å²) in [5.41, 5.74) is 5.81. The van der Waals surface area contributed by atoms with Crippen LogP contribution < -0.4 is 15.8 Å². The number of rotatable bonds is 3. The van der Waals surface area contributed by atoms with Gasteiger partial charge < -0.3 is 15.8 Å². The zero-order valence-electron chi connectivity index (χ0n) is 9.76. The van der Waals surface area contributed by atoms with E-state index < -0.39 is 6.09 Å². The molecular weight excluding hydrogens is 216 g/mol. The Balaban J connectivity index is 1.71. The van der Waals surface area contributed by atoms with Crippen LogP contribution in [-0.2, 0) is 0 Å². The van der Waals surface area contributed by atoms with Gasteiger partial charge in [0.05, 0.1) is 0 Å². The van der Waals surface area contributed by atoms with Gasteiger partial charge in [-0.05, 0) is 37.3 Å². The maximum Gasteiger partial charge on any atom is 0.412 e. The van der Waals surface area contributed by atoms with Crippen LogP contribution in [0.4, 0.5) is 4.79 Å². The Hall–Kier alpha value is -1.55. The molecule has 1 saturated carbocycles. The number of benzene rings is 1. The summed E-state index contributed by atoms with van der Waals surface area (Å²) in [5.74, 6) is 1.06. The van der Waals surface area contributed by atoms with Gasteiger partial charge in [0.25, 0.3) is 0 Å². The molecule has 1 aromatic rings. The molecule has 17 heavy (non-hydrogen) atoms. The number of hydrogen-bond acceptors (Lipinski definition) is 3. The molecule has 2 atom stereocenters. The smallest absolute Gasteiger partial charge is 0.410 e. The molecule has 0 spiro atoms. The normalized spacial score (nSPS) is 23.4. The van der Waals surface area contributed by atoms with E-state index in [0.29, 0.717) is 24.3 Å². The van der Waals surface area contributed by atoms with Gasteiger partial charge in [0.1, 0.15) is 5.75 Å². The third-order valence-corrected chi connectivity index (χ3v) is 3.07. The lowest BCUT2D eigenvalue weighted by molar-refractivity contribution is 0.198. The average molecular weight is 234 g/mol. The van der Waals surface area contributed by atoms with E-state index in [-0.39, 0.29) is 0 Å². The number of hydrogen-bond donors (Lipinski definition) is 2. The van der Waals surface area contributed by atoms with Gasteiger partial charge in [-0.25, -0.2) is 4.79 Å². The van der Waals surface area contributed by atoms with Gasteiger partial charge in [-0.3, -0.25) is 0 Å². The van der Waals surface area contributed by atoms with Crippen molar-refractivity contribution in [2.24, 2.45) is 11.7 Å². The summed E-state index contributed by atoms with van der Waals surface area (Å²) < 4.78 is 5.12. The van der Waals surface area contributed by atoms with Crippen LogP contribution in [0.1, 0.15) is 19.3 Å². The highest BCUT2D eigenvalue weighted by Gasteiger charge is 2.22. The van der Waals surface area contributed by atoms with Gasteiger partial charge in [-0.1, -0.05) is 18.2 Å². The van der Waals surface area contributed by atoms with E-state index in [4.69, 9.17) is 10.5 Å². The Morgan fingerprint density at radius 1 is 1.35 bits per heavy atom. The molecule has 1 amide bonds. The second-order valence-corrected chi connectivity index (χ2v) is 4.52. The van der Waals surface area contributed by atoms with Crippen LogP contribution in [0.25, 0.3) is 0 Å². The fourth-order valence-electron chi connectivity index (χ4n) is 2.16. The zero-order valence-corrected chi connectivity index (χ0v) is 9.76. The van der Waals surface area contributed by atoms with Gasteiger partial charge in [0, 0.05) is 12.6 Å². The Bertz CT molecular complexity index is 367. The fraction of sp³-hybridized carbons (Fsp3) is 0.462. The van der Waals surface area contributed by atoms with Crippen LogP contribution in [0, 0.1) is 5.92 Å². The summed E-state index contributed by atoms with van der Waals surface area (Å²) >= 11 is 0. The standard InChI is InChI=1S/C13H18N2O2/c14-11-7-6-10(8-11)9-15-13(16)17-12-4-2-1-3-5-12/h1-5,10-11H,6-9,14H2,(H,15,16). The van der Waals surface area contributed by atoms with Crippen LogP contribution in [0.3, 0.4) is 0 Å². The lowest BCUT2D eigenvalue weighted by atomic mass is 10.1. The SMILES string of the molecule is NC1CCC(CNC(=O)Oc2ccccc2)C1. The molecule has 4 heteroatoms. The van der Waals surface area contributed by atoms with Crippen molar-refractivity contribution in [3.05, 3.63) is 30.3 Å². The van der Waals surface area contributed by atoms with Crippen molar-refractivity contribution in [1.82, 2.24) is 5.32 Å². The molecular formula is C13H18N2O2. The molecule has 0 heterocycles. The lowest BCUT2D eigenvalue weighted by Crippen LogP contribution is -2.31. The second kappa shape index (κ2) is 5.68. The number of carbonyl (C=O) groups is 1. The molecule has 0 saturated heterocycles. The van der Waals surface area contributed by atoms with Gasteiger partial charge in [0.15, 0.2) is 0 Å². The Labute approximate surface area is 101 Å². The summed E-state index contributed by atoms with van der Waals surface area (Å²) in [5, 5.41) is 2.78. The molecule has 1 fully saturated rings. The lowest BCUT2D eigenvalue weighted by Gasteiger charge is -2.11. The zero-order chi connectivity index (χ0) is 12.1. The summed E-state index contributed by atoms with van der Waals surface area (Å²) in [4.78, 5) is 11.5. The van der Waals surface area contributed by atoms with Crippen molar-refractivity contribution in [2.45, 2.75) is 25.3 Å². The molecule has 0 aromatic heterocycles. The van der Waals surface area contributed by atoms with E-state index in [1.165, 1.54) is 0 Å². The van der Waals surface area contributed by atoms with Crippen molar-refractivity contribution < 1.29 is 9.53 Å². The molecule has 1 aliphatic rings. The van der Waals surface area contributed by atoms with Crippen LogP contribution in [0.2, 0.25) is 0 Å². The fourth-order valence-corrected chi connectivity index (χ4v) is 2.16. The molecule has 2 unspecified atom stereocenters. The monoisotopic (exact) mass is 234 g/mol. The minimum absolute atomic E-state index is 0.298. The van der Waals surface area contributed by atoms with E-state index in [1.807, 2.05) is 18.2 Å². The van der Waals surface area contributed by atoms with Crippen LogP contribution in [-0.4, -0.2) is 18.7 Å². The highest BCUT2D eigenvalue weighted by Crippen LogP contribution is 2.23. The van der Waals surface area contributed by atoms with Crippen molar-refractivity contribution in [3.8, 4) is 5.75 Å². The first kappa shape index (κ1) is 11.9. The number of nitrogens with one attached hydrogen (secondary N) is 1. The molecule has 2 rings (SSSR count). The van der Waals surface area contributed by atoms with Crippen molar-refractivity contribution >= 4 is 6.09 Å². The predicted octanol–water partition coefficient (Wildman–Crippen LogP) is 1.90. The second-order valence-electron chi connectivity index (χ2n) is 4.52. The molecule has 1 aliphatic carbocycles. The first-order valence-electron chi connectivity index (χ1n) is 6.00. The summed E-state index contributed by atoms with van der Waals surface area (Å²) in [6.45, 7) is 0.652. The molecule has 0 aliphatic heterocycles. The maximum absolute atomic E-state index is 11.5. The maximum atomic E-state index is 11.5. The van der Waals surface area contributed by atoms with E-state index >= 15 is 0 Å². The quantitative estimate of drug-likeness (QED) is 0.839. The summed E-state index contributed by atoms with van der Waals surface area (Å²) in [6, 6.07) is 9.35. The number of para-hydroxylation sites is 1. The first-order chi connectivity index (χ1) is 8.24. The largest absolute Gasteiger partial charge is 0.412 e. The Morgan fingerprint density at radius 3 is 2.76 bits per heavy atom.